The van der Waals surface area contributed by atoms with E-state index in [1.807, 2.05) is 30.3 Å². The maximum atomic E-state index is 10.1. The van der Waals surface area contributed by atoms with Crippen molar-refractivity contribution >= 4 is 5.57 Å². The molecule has 0 fully saturated rings. The van der Waals surface area contributed by atoms with Crippen LogP contribution in [0.3, 0.4) is 0 Å². The minimum Gasteiger partial charge on any atom is -0.259 e. The summed E-state index contributed by atoms with van der Waals surface area (Å²) in [6.07, 6.45) is 1.01. The molecule has 0 atom stereocenters. The average molecular weight is 163 g/mol. The Labute approximate surface area is 70.5 Å². The molecule has 0 saturated heterocycles. The fourth-order valence-electron chi connectivity index (χ4n) is 0.934. The molecule has 62 valence electrons. The maximum absolute atomic E-state index is 10.1. The third kappa shape index (κ3) is 2.20. The molecule has 12 heavy (non-hydrogen) atoms. The lowest BCUT2D eigenvalue weighted by Crippen LogP contribution is -1.87. The second-order valence-corrected chi connectivity index (χ2v) is 2.46. The summed E-state index contributed by atoms with van der Waals surface area (Å²) >= 11 is 0. The predicted molar refractivity (Wildman–Crippen MR) is 47.1 cm³/mol. The van der Waals surface area contributed by atoms with Crippen LogP contribution in [0.5, 0.6) is 0 Å². The first-order chi connectivity index (χ1) is 5.70. The Morgan fingerprint density at radius 1 is 1.42 bits per heavy atom. The highest BCUT2D eigenvalue weighted by Gasteiger charge is 1.97. The normalized spacial score (nSPS) is 11.2. The smallest absolute Gasteiger partial charge is 0.237 e. The number of hydrogen-bond donors (Lipinski definition) is 0. The Bertz CT molecular complexity index is 304. The largest absolute Gasteiger partial charge is 0.259 e. The molecule has 0 aliphatic heterocycles. The quantitative estimate of drug-likeness (QED) is 0.496. The lowest BCUT2D eigenvalue weighted by Gasteiger charge is -1.95. The van der Waals surface area contributed by atoms with Gasteiger partial charge in [0.2, 0.25) is 6.20 Å². The van der Waals surface area contributed by atoms with Crippen molar-refractivity contribution in [3.63, 3.8) is 0 Å². The summed E-state index contributed by atoms with van der Waals surface area (Å²) in [5.74, 6) is 0. The highest BCUT2D eigenvalue weighted by molar-refractivity contribution is 5.62. The zero-order valence-corrected chi connectivity index (χ0v) is 6.73. The number of allylic oxidation sites excluding steroid dienone is 1. The molecule has 0 N–H and O–H groups in total. The highest BCUT2D eigenvalue weighted by atomic mass is 16.6. The SMILES string of the molecule is C/C(=C\[N+](=O)[O-])c1ccccc1. The van der Waals surface area contributed by atoms with Crippen LogP contribution in [0.2, 0.25) is 0 Å². The second kappa shape index (κ2) is 3.67. The Kier molecular flexibility index (Phi) is 2.58. The van der Waals surface area contributed by atoms with Gasteiger partial charge in [0, 0.05) is 5.57 Å². The van der Waals surface area contributed by atoms with Gasteiger partial charge in [-0.15, -0.1) is 0 Å². The molecule has 0 saturated carbocycles. The van der Waals surface area contributed by atoms with Gasteiger partial charge in [-0.2, -0.15) is 0 Å². The molecule has 0 unspecified atom stereocenters. The van der Waals surface area contributed by atoms with Gasteiger partial charge in [-0.1, -0.05) is 30.3 Å². The van der Waals surface area contributed by atoms with Crippen LogP contribution in [-0.4, -0.2) is 4.92 Å². The average Bonchev–Trinajstić information content (AvgIpc) is 2.05. The van der Waals surface area contributed by atoms with E-state index >= 15 is 0 Å². The van der Waals surface area contributed by atoms with E-state index in [1.165, 1.54) is 0 Å². The van der Waals surface area contributed by atoms with Crippen molar-refractivity contribution in [2.45, 2.75) is 6.92 Å². The van der Waals surface area contributed by atoms with Crippen LogP contribution < -0.4 is 0 Å². The summed E-state index contributed by atoms with van der Waals surface area (Å²) in [5, 5.41) is 10.1. The zero-order valence-electron chi connectivity index (χ0n) is 6.73. The van der Waals surface area contributed by atoms with E-state index in [0.717, 1.165) is 11.8 Å². The summed E-state index contributed by atoms with van der Waals surface area (Å²) in [5.41, 5.74) is 1.55. The second-order valence-electron chi connectivity index (χ2n) is 2.46. The third-order valence-corrected chi connectivity index (χ3v) is 1.53. The summed E-state index contributed by atoms with van der Waals surface area (Å²) in [6, 6.07) is 9.27. The molecule has 0 bridgehead atoms. The van der Waals surface area contributed by atoms with E-state index in [2.05, 4.69) is 0 Å². The highest BCUT2D eigenvalue weighted by Crippen LogP contribution is 2.11. The van der Waals surface area contributed by atoms with E-state index in [-0.39, 0.29) is 0 Å². The minimum absolute atomic E-state index is 0.442. The Morgan fingerprint density at radius 3 is 2.50 bits per heavy atom. The lowest BCUT2D eigenvalue weighted by atomic mass is 10.1. The first-order valence-electron chi connectivity index (χ1n) is 3.57. The van der Waals surface area contributed by atoms with E-state index in [1.54, 1.807) is 6.92 Å². The molecule has 3 nitrogen and oxygen atoms in total. The van der Waals surface area contributed by atoms with Gasteiger partial charge in [0.25, 0.3) is 0 Å². The minimum atomic E-state index is -0.442. The zero-order chi connectivity index (χ0) is 8.97. The summed E-state index contributed by atoms with van der Waals surface area (Å²) < 4.78 is 0. The number of hydrogen-bond acceptors (Lipinski definition) is 2. The molecule has 0 heterocycles. The van der Waals surface area contributed by atoms with Gasteiger partial charge in [0.05, 0.1) is 4.92 Å². The van der Waals surface area contributed by atoms with Gasteiger partial charge in [-0.05, 0) is 12.5 Å². The Hall–Kier alpha value is -1.64. The Balaban J connectivity index is 2.93. The lowest BCUT2D eigenvalue weighted by molar-refractivity contribution is -0.401. The van der Waals surface area contributed by atoms with Crippen LogP contribution in [0.1, 0.15) is 12.5 Å². The first-order valence-corrected chi connectivity index (χ1v) is 3.57. The van der Waals surface area contributed by atoms with Gasteiger partial charge >= 0.3 is 0 Å². The molecular formula is C9H9NO2. The van der Waals surface area contributed by atoms with Crippen molar-refractivity contribution in [3.05, 3.63) is 52.2 Å². The van der Waals surface area contributed by atoms with Crippen molar-refractivity contribution in [1.82, 2.24) is 0 Å². The van der Waals surface area contributed by atoms with E-state index in [9.17, 15) is 10.1 Å². The van der Waals surface area contributed by atoms with Gasteiger partial charge in [0.15, 0.2) is 0 Å². The van der Waals surface area contributed by atoms with Crippen molar-refractivity contribution < 1.29 is 4.92 Å². The van der Waals surface area contributed by atoms with Gasteiger partial charge in [0.1, 0.15) is 0 Å². The van der Waals surface area contributed by atoms with E-state index < -0.39 is 4.92 Å². The summed E-state index contributed by atoms with van der Waals surface area (Å²) in [6.45, 7) is 1.72. The maximum Gasteiger partial charge on any atom is 0.237 e. The molecule has 1 rings (SSSR count). The van der Waals surface area contributed by atoms with Gasteiger partial charge in [-0.3, -0.25) is 10.1 Å². The van der Waals surface area contributed by atoms with Gasteiger partial charge in [-0.25, -0.2) is 0 Å². The topological polar surface area (TPSA) is 43.1 Å². The standard InChI is InChI=1S/C9H9NO2/c1-8(7-10(11)12)9-5-3-2-4-6-9/h2-7H,1H3/b8-7+. The van der Waals surface area contributed by atoms with Crippen LogP contribution in [0.15, 0.2) is 36.5 Å². The van der Waals surface area contributed by atoms with E-state index in [4.69, 9.17) is 0 Å². The molecule has 0 aliphatic rings. The summed E-state index contributed by atoms with van der Waals surface area (Å²) in [7, 11) is 0. The monoisotopic (exact) mass is 163 g/mol. The molecule has 0 spiro atoms. The van der Waals surface area contributed by atoms with Crippen molar-refractivity contribution in [2.24, 2.45) is 0 Å². The van der Waals surface area contributed by atoms with E-state index in [0.29, 0.717) is 5.57 Å². The molecule has 0 radical (unpaired) electrons. The van der Waals surface area contributed by atoms with Crippen LogP contribution in [0, 0.1) is 10.1 Å². The van der Waals surface area contributed by atoms with Crippen LogP contribution in [0.4, 0.5) is 0 Å². The van der Waals surface area contributed by atoms with Crippen LogP contribution >= 0.6 is 0 Å². The summed E-state index contributed by atoms with van der Waals surface area (Å²) in [4.78, 5) is 9.67. The molecule has 1 aromatic rings. The molecule has 3 heteroatoms. The number of benzene rings is 1. The molecule has 0 amide bonds. The number of nitrogens with zero attached hydrogens (tertiary/aromatic N) is 1. The number of nitro groups is 1. The van der Waals surface area contributed by atoms with Crippen LogP contribution in [-0.2, 0) is 0 Å². The third-order valence-electron chi connectivity index (χ3n) is 1.53. The van der Waals surface area contributed by atoms with Crippen molar-refractivity contribution in [2.75, 3.05) is 0 Å². The molecule has 0 aliphatic carbocycles. The predicted octanol–water partition coefficient (Wildman–Crippen LogP) is 2.32. The fourth-order valence-corrected chi connectivity index (χ4v) is 0.934. The molecule has 1 aromatic carbocycles. The van der Waals surface area contributed by atoms with Gasteiger partial charge < -0.3 is 0 Å². The number of rotatable bonds is 2. The molecular weight excluding hydrogens is 154 g/mol. The Morgan fingerprint density at radius 2 is 2.00 bits per heavy atom. The van der Waals surface area contributed by atoms with Crippen LogP contribution in [0.25, 0.3) is 5.57 Å². The molecule has 0 aromatic heterocycles. The fraction of sp³-hybridized carbons (Fsp3) is 0.111. The first kappa shape index (κ1) is 8.46. The van der Waals surface area contributed by atoms with Crippen molar-refractivity contribution in [1.29, 1.82) is 0 Å². The van der Waals surface area contributed by atoms with Crippen molar-refractivity contribution in [3.8, 4) is 0 Å².